The fraction of sp³-hybridized carbons (Fsp3) is 0.0952. The number of hydrogen-bond donors (Lipinski definition) is 1. The van der Waals surface area contributed by atoms with Crippen molar-refractivity contribution in [3.8, 4) is 22.1 Å². The number of carbonyl (C=O) groups is 1. The number of thiazole rings is 1. The number of anilines is 1. The average Bonchev–Trinajstić information content (AvgIpc) is 3.17. The number of nitrogens with zero attached hydrogens (tertiary/aromatic N) is 2. The standard InChI is InChI=1S/C21H17N3O3S/c1-26-17-8-7-13(11-18(17)27-2)20(25)23-15-6-4-3-5-14(15)21-24-16-9-10-22-12-19(16)28-21/h3-12H,1-2H3,(H,23,25). The molecule has 0 saturated heterocycles. The second-order valence-electron chi connectivity index (χ2n) is 5.93. The zero-order valence-corrected chi connectivity index (χ0v) is 16.1. The lowest BCUT2D eigenvalue weighted by Gasteiger charge is -2.11. The van der Waals surface area contributed by atoms with Gasteiger partial charge in [-0.15, -0.1) is 11.3 Å². The van der Waals surface area contributed by atoms with Gasteiger partial charge in [-0.05, 0) is 36.4 Å². The molecule has 0 atom stereocenters. The predicted molar refractivity (Wildman–Crippen MR) is 110 cm³/mol. The molecule has 28 heavy (non-hydrogen) atoms. The molecule has 0 spiro atoms. The Kier molecular flexibility index (Phi) is 4.90. The summed E-state index contributed by atoms with van der Waals surface area (Å²) in [6.07, 6.45) is 3.51. The molecule has 0 radical (unpaired) electrons. The van der Waals surface area contributed by atoms with E-state index in [1.54, 1.807) is 37.7 Å². The third kappa shape index (κ3) is 3.39. The van der Waals surface area contributed by atoms with Gasteiger partial charge in [0.05, 0.1) is 30.1 Å². The van der Waals surface area contributed by atoms with Crippen molar-refractivity contribution in [2.45, 2.75) is 0 Å². The normalized spacial score (nSPS) is 10.6. The van der Waals surface area contributed by atoms with Gasteiger partial charge < -0.3 is 14.8 Å². The van der Waals surface area contributed by atoms with Crippen LogP contribution in [0.1, 0.15) is 10.4 Å². The summed E-state index contributed by atoms with van der Waals surface area (Å²) >= 11 is 1.54. The Morgan fingerprint density at radius 3 is 2.64 bits per heavy atom. The van der Waals surface area contributed by atoms with Gasteiger partial charge in [0.15, 0.2) is 11.5 Å². The molecule has 2 heterocycles. The molecule has 6 nitrogen and oxygen atoms in total. The molecule has 0 bridgehead atoms. The number of methoxy groups -OCH3 is 2. The maximum Gasteiger partial charge on any atom is 0.255 e. The van der Waals surface area contributed by atoms with Crippen molar-refractivity contribution in [1.29, 1.82) is 0 Å². The summed E-state index contributed by atoms with van der Waals surface area (Å²) in [5, 5.41) is 3.80. The fourth-order valence-corrected chi connectivity index (χ4v) is 3.82. The number of para-hydroxylation sites is 1. The van der Waals surface area contributed by atoms with Gasteiger partial charge in [0.25, 0.3) is 5.91 Å². The second kappa shape index (κ2) is 7.66. The van der Waals surface area contributed by atoms with E-state index in [0.29, 0.717) is 22.7 Å². The van der Waals surface area contributed by atoms with Crippen LogP contribution in [0.25, 0.3) is 20.8 Å². The van der Waals surface area contributed by atoms with E-state index in [2.05, 4.69) is 15.3 Å². The number of pyridine rings is 1. The molecule has 2 aromatic carbocycles. The van der Waals surface area contributed by atoms with Crippen LogP contribution in [0.2, 0.25) is 0 Å². The molecular formula is C21H17N3O3S. The molecule has 7 heteroatoms. The molecule has 0 saturated carbocycles. The van der Waals surface area contributed by atoms with E-state index in [4.69, 9.17) is 9.47 Å². The molecule has 1 amide bonds. The van der Waals surface area contributed by atoms with Crippen LogP contribution >= 0.6 is 11.3 Å². The van der Waals surface area contributed by atoms with Crippen LogP contribution in [-0.4, -0.2) is 30.1 Å². The van der Waals surface area contributed by atoms with Crippen LogP contribution in [0.3, 0.4) is 0 Å². The Hall–Kier alpha value is -3.45. The lowest BCUT2D eigenvalue weighted by atomic mass is 10.1. The monoisotopic (exact) mass is 391 g/mol. The number of ether oxygens (including phenoxy) is 2. The molecule has 0 aliphatic rings. The molecule has 4 aromatic rings. The SMILES string of the molecule is COc1ccc(C(=O)Nc2ccccc2-c2nc3ccncc3s2)cc1OC. The number of hydrogen-bond acceptors (Lipinski definition) is 6. The fourth-order valence-electron chi connectivity index (χ4n) is 2.85. The summed E-state index contributed by atoms with van der Waals surface area (Å²) in [4.78, 5) is 21.6. The summed E-state index contributed by atoms with van der Waals surface area (Å²) in [5.41, 5.74) is 2.91. The van der Waals surface area contributed by atoms with E-state index in [1.807, 2.05) is 30.3 Å². The second-order valence-corrected chi connectivity index (χ2v) is 6.96. The Morgan fingerprint density at radius 2 is 1.86 bits per heavy atom. The molecule has 2 aromatic heterocycles. The minimum absolute atomic E-state index is 0.240. The third-order valence-electron chi connectivity index (χ3n) is 4.24. The van der Waals surface area contributed by atoms with Crippen molar-refractivity contribution in [3.63, 3.8) is 0 Å². The molecule has 4 rings (SSSR count). The molecule has 0 aliphatic heterocycles. The van der Waals surface area contributed by atoms with Crippen molar-refractivity contribution in [2.24, 2.45) is 0 Å². The first-order valence-electron chi connectivity index (χ1n) is 8.53. The summed E-state index contributed by atoms with van der Waals surface area (Å²) in [5.74, 6) is 0.834. The van der Waals surface area contributed by atoms with E-state index in [-0.39, 0.29) is 5.91 Å². The zero-order valence-electron chi connectivity index (χ0n) is 15.3. The molecule has 0 aliphatic carbocycles. The summed E-state index contributed by atoms with van der Waals surface area (Å²) in [7, 11) is 3.10. The van der Waals surface area contributed by atoms with Gasteiger partial charge in [-0.25, -0.2) is 4.98 Å². The summed E-state index contributed by atoms with van der Waals surface area (Å²) in [6, 6.07) is 14.5. The van der Waals surface area contributed by atoms with Gasteiger partial charge in [-0.1, -0.05) is 12.1 Å². The number of fused-ring (bicyclic) bond motifs is 1. The first-order chi connectivity index (χ1) is 13.7. The summed E-state index contributed by atoms with van der Waals surface area (Å²) < 4.78 is 11.5. The molecule has 1 N–H and O–H groups in total. The number of carbonyl (C=O) groups excluding carboxylic acids is 1. The molecule has 140 valence electrons. The van der Waals surface area contributed by atoms with E-state index in [1.165, 1.54) is 18.4 Å². The van der Waals surface area contributed by atoms with Crippen molar-refractivity contribution < 1.29 is 14.3 Å². The van der Waals surface area contributed by atoms with Gasteiger partial charge in [0, 0.05) is 23.5 Å². The topological polar surface area (TPSA) is 73.3 Å². The minimum Gasteiger partial charge on any atom is -0.493 e. The molecule has 0 unspecified atom stereocenters. The van der Waals surface area contributed by atoms with Crippen LogP contribution in [0.5, 0.6) is 11.5 Å². The number of amides is 1. The quantitative estimate of drug-likeness (QED) is 0.537. The maximum absolute atomic E-state index is 12.8. The average molecular weight is 391 g/mol. The van der Waals surface area contributed by atoms with E-state index in [0.717, 1.165) is 20.8 Å². The van der Waals surface area contributed by atoms with Crippen LogP contribution in [0, 0.1) is 0 Å². The van der Waals surface area contributed by atoms with Crippen molar-refractivity contribution in [3.05, 3.63) is 66.5 Å². The first-order valence-corrected chi connectivity index (χ1v) is 9.34. The van der Waals surface area contributed by atoms with Crippen molar-refractivity contribution >= 4 is 33.1 Å². The summed E-state index contributed by atoms with van der Waals surface area (Å²) in [6.45, 7) is 0. The number of aromatic nitrogens is 2. The molecule has 0 fully saturated rings. The first kappa shape index (κ1) is 17.9. The highest BCUT2D eigenvalue weighted by Gasteiger charge is 2.15. The van der Waals surface area contributed by atoms with E-state index >= 15 is 0 Å². The van der Waals surface area contributed by atoms with Gasteiger partial charge in [-0.2, -0.15) is 0 Å². The van der Waals surface area contributed by atoms with Gasteiger partial charge >= 0.3 is 0 Å². The van der Waals surface area contributed by atoms with Crippen LogP contribution in [-0.2, 0) is 0 Å². The Morgan fingerprint density at radius 1 is 1.04 bits per heavy atom. The van der Waals surface area contributed by atoms with Crippen LogP contribution in [0.4, 0.5) is 5.69 Å². The van der Waals surface area contributed by atoms with Crippen molar-refractivity contribution in [2.75, 3.05) is 19.5 Å². The molecular weight excluding hydrogens is 374 g/mol. The Labute approximate surface area is 165 Å². The van der Waals surface area contributed by atoms with Crippen LogP contribution < -0.4 is 14.8 Å². The maximum atomic E-state index is 12.8. The van der Waals surface area contributed by atoms with Gasteiger partial charge in [0.1, 0.15) is 5.01 Å². The third-order valence-corrected chi connectivity index (χ3v) is 5.28. The smallest absolute Gasteiger partial charge is 0.255 e. The Balaban J connectivity index is 1.66. The highest BCUT2D eigenvalue weighted by molar-refractivity contribution is 7.21. The lowest BCUT2D eigenvalue weighted by Crippen LogP contribution is -2.12. The number of nitrogens with one attached hydrogen (secondary N) is 1. The van der Waals surface area contributed by atoms with E-state index < -0.39 is 0 Å². The Bertz CT molecular complexity index is 1120. The van der Waals surface area contributed by atoms with Gasteiger partial charge in [-0.3, -0.25) is 9.78 Å². The highest BCUT2D eigenvalue weighted by atomic mass is 32.1. The van der Waals surface area contributed by atoms with Crippen molar-refractivity contribution in [1.82, 2.24) is 9.97 Å². The predicted octanol–water partition coefficient (Wildman–Crippen LogP) is 4.63. The number of benzene rings is 2. The van der Waals surface area contributed by atoms with Crippen LogP contribution in [0.15, 0.2) is 60.9 Å². The number of rotatable bonds is 5. The van der Waals surface area contributed by atoms with E-state index in [9.17, 15) is 4.79 Å². The lowest BCUT2D eigenvalue weighted by molar-refractivity contribution is 0.102. The zero-order chi connectivity index (χ0) is 19.5. The van der Waals surface area contributed by atoms with Gasteiger partial charge in [0.2, 0.25) is 0 Å². The largest absolute Gasteiger partial charge is 0.493 e. The highest BCUT2D eigenvalue weighted by Crippen LogP contribution is 2.34. The minimum atomic E-state index is -0.240.